The van der Waals surface area contributed by atoms with E-state index in [1.54, 1.807) is 6.20 Å². The molecule has 0 N–H and O–H groups in total. The van der Waals surface area contributed by atoms with Crippen LogP contribution in [0, 0.1) is 5.82 Å². The molecule has 3 aromatic rings. The Balaban J connectivity index is 1.90. The lowest BCUT2D eigenvalue weighted by Crippen LogP contribution is -2.42. The van der Waals surface area contributed by atoms with Crippen LogP contribution < -0.4 is 4.90 Å². The van der Waals surface area contributed by atoms with Crippen LogP contribution in [0.5, 0.6) is 0 Å². The third kappa shape index (κ3) is 2.38. The Bertz CT molecular complexity index is 908. The number of anilines is 1. The van der Waals surface area contributed by atoms with Gasteiger partial charge < -0.3 is 4.90 Å². The van der Waals surface area contributed by atoms with E-state index in [9.17, 15) is 13.2 Å². The van der Waals surface area contributed by atoms with Gasteiger partial charge in [-0.15, -0.1) is 0 Å². The molecule has 1 aliphatic heterocycles. The molecular formula is C16H14F3N5. The number of rotatable bonds is 2. The molecule has 0 radical (unpaired) electrons. The van der Waals surface area contributed by atoms with Crippen LogP contribution in [-0.4, -0.2) is 25.8 Å². The maximum absolute atomic E-state index is 13.7. The van der Waals surface area contributed by atoms with Crippen LogP contribution >= 0.6 is 0 Å². The highest BCUT2D eigenvalue weighted by Gasteiger charge is 2.27. The highest BCUT2D eigenvalue weighted by atomic mass is 19.3. The second kappa shape index (κ2) is 5.47. The first-order chi connectivity index (χ1) is 11.5. The molecule has 24 heavy (non-hydrogen) atoms. The van der Waals surface area contributed by atoms with Gasteiger partial charge in [-0.3, -0.25) is 4.68 Å². The minimum Gasteiger partial charge on any atom is -0.346 e. The van der Waals surface area contributed by atoms with Crippen molar-refractivity contribution >= 4 is 16.7 Å². The van der Waals surface area contributed by atoms with Crippen molar-refractivity contribution < 1.29 is 13.2 Å². The zero-order valence-corrected chi connectivity index (χ0v) is 12.8. The van der Waals surface area contributed by atoms with E-state index < -0.39 is 18.1 Å². The second-order valence-corrected chi connectivity index (χ2v) is 5.85. The Labute approximate surface area is 135 Å². The van der Waals surface area contributed by atoms with Gasteiger partial charge in [0.05, 0.1) is 24.3 Å². The summed E-state index contributed by atoms with van der Waals surface area (Å²) in [6, 6.07) is 5.75. The molecule has 1 aromatic carbocycles. The summed E-state index contributed by atoms with van der Waals surface area (Å²) in [6.07, 6.45) is -1.09. The zero-order chi connectivity index (χ0) is 16.8. The van der Waals surface area contributed by atoms with Crippen molar-refractivity contribution in [3.63, 3.8) is 0 Å². The van der Waals surface area contributed by atoms with Gasteiger partial charge in [-0.1, -0.05) is 0 Å². The highest BCUT2D eigenvalue weighted by Crippen LogP contribution is 2.31. The largest absolute Gasteiger partial charge is 0.346 e. The number of hydrogen-bond acceptors (Lipinski definition) is 4. The van der Waals surface area contributed by atoms with E-state index in [0.717, 1.165) is 5.69 Å². The van der Waals surface area contributed by atoms with Crippen LogP contribution in [0.15, 0.2) is 30.5 Å². The minimum atomic E-state index is -2.79. The summed E-state index contributed by atoms with van der Waals surface area (Å²) in [5, 5.41) is 4.66. The molecular weight excluding hydrogens is 319 g/mol. The minimum absolute atomic E-state index is 0.0238. The van der Waals surface area contributed by atoms with Crippen LogP contribution in [-0.2, 0) is 13.1 Å². The molecule has 0 fully saturated rings. The third-order valence-electron chi connectivity index (χ3n) is 4.23. The summed E-state index contributed by atoms with van der Waals surface area (Å²) in [4.78, 5) is 9.80. The molecule has 0 amide bonds. The van der Waals surface area contributed by atoms with Gasteiger partial charge in [0.25, 0.3) is 6.43 Å². The van der Waals surface area contributed by atoms with E-state index in [1.165, 1.54) is 18.2 Å². The van der Waals surface area contributed by atoms with Crippen LogP contribution in [0.2, 0.25) is 0 Å². The van der Waals surface area contributed by atoms with Crippen molar-refractivity contribution in [1.82, 2.24) is 19.7 Å². The fraction of sp³-hybridized carbons (Fsp3) is 0.312. The average Bonchev–Trinajstić information content (AvgIpc) is 3.00. The summed E-state index contributed by atoms with van der Waals surface area (Å²) in [5.74, 6) is -0.669. The Kier molecular flexibility index (Phi) is 3.40. The fourth-order valence-electron chi connectivity index (χ4n) is 3.04. The van der Waals surface area contributed by atoms with Crippen molar-refractivity contribution in [2.24, 2.45) is 0 Å². The summed E-state index contributed by atoms with van der Waals surface area (Å²) in [7, 11) is 0. The van der Waals surface area contributed by atoms with Gasteiger partial charge >= 0.3 is 0 Å². The third-order valence-corrected chi connectivity index (χ3v) is 4.23. The van der Waals surface area contributed by atoms with Gasteiger partial charge in [0, 0.05) is 17.6 Å². The molecule has 2 aromatic heterocycles. The lowest BCUT2D eigenvalue weighted by atomic mass is 10.1. The van der Waals surface area contributed by atoms with E-state index in [1.807, 2.05) is 22.6 Å². The van der Waals surface area contributed by atoms with Gasteiger partial charge in [0.2, 0.25) is 0 Å². The summed E-state index contributed by atoms with van der Waals surface area (Å²) in [6.45, 7) is 3.03. The predicted molar refractivity (Wildman–Crippen MR) is 82.3 cm³/mol. The van der Waals surface area contributed by atoms with Crippen LogP contribution in [0.3, 0.4) is 0 Å². The van der Waals surface area contributed by atoms with Gasteiger partial charge in [0.15, 0.2) is 5.82 Å². The molecule has 5 nitrogen and oxygen atoms in total. The van der Waals surface area contributed by atoms with Gasteiger partial charge in [-0.25, -0.2) is 23.1 Å². The summed E-state index contributed by atoms with van der Waals surface area (Å²) < 4.78 is 41.9. The Hall–Kier alpha value is -2.64. The average molecular weight is 333 g/mol. The van der Waals surface area contributed by atoms with Crippen molar-refractivity contribution in [3.8, 4) is 0 Å². The SMILES string of the molecule is CC1Cn2nccc2CN1c1nc(C(F)F)nc2ccc(F)cc12. The predicted octanol–water partition coefficient (Wildman–Crippen LogP) is 3.31. The molecule has 0 saturated heterocycles. The monoisotopic (exact) mass is 333 g/mol. The lowest BCUT2D eigenvalue weighted by molar-refractivity contribution is 0.141. The number of nitrogens with zero attached hydrogens (tertiary/aromatic N) is 5. The number of benzene rings is 1. The van der Waals surface area contributed by atoms with E-state index in [-0.39, 0.29) is 6.04 Å². The number of aromatic nitrogens is 4. The van der Waals surface area contributed by atoms with Crippen molar-refractivity contribution in [2.45, 2.75) is 32.5 Å². The quantitative estimate of drug-likeness (QED) is 0.722. The fourth-order valence-corrected chi connectivity index (χ4v) is 3.04. The molecule has 1 atom stereocenters. The number of hydrogen-bond donors (Lipinski definition) is 0. The maximum Gasteiger partial charge on any atom is 0.297 e. The van der Waals surface area contributed by atoms with Crippen LogP contribution in [0.25, 0.3) is 10.9 Å². The topological polar surface area (TPSA) is 46.8 Å². The van der Waals surface area contributed by atoms with E-state index in [0.29, 0.717) is 29.8 Å². The first kappa shape index (κ1) is 14.9. The molecule has 1 aliphatic rings. The summed E-state index contributed by atoms with van der Waals surface area (Å²) >= 11 is 0. The first-order valence-corrected chi connectivity index (χ1v) is 7.55. The first-order valence-electron chi connectivity index (χ1n) is 7.55. The number of halogens is 3. The zero-order valence-electron chi connectivity index (χ0n) is 12.8. The molecule has 0 spiro atoms. The van der Waals surface area contributed by atoms with Gasteiger partial charge in [0.1, 0.15) is 11.6 Å². The molecule has 0 aliphatic carbocycles. The Morgan fingerprint density at radius 1 is 1.21 bits per heavy atom. The van der Waals surface area contributed by atoms with E-state index >= 15 is 0 Å². The molecule has 0 saturated carbocycles. The molecule has 4 rings (SSSR count). The highest BCUT2D eigenvalue weighted by molar-refractivity contribution is 5.89. The number of alkyl halides is 2. The molecule has 8 heteroatoms. The second-order valence-electron chi connectivity index (χ2n) is 5.85. The maximum atomic E-state index is 13.7. The normalized spacial score (nSPS) is 17.5. The Morgan fingerprint density at radius 3 is 2.83 bits per heavy atom. The van der Waals surface area contributed by atoms with Gasteiger partial charge in [-0.05, 0) is 31.2 Å². The van der Waals surface area contributed by atoms with E-state index in [2.05, 4.69) is 15.1 Å². The van der Waals surface area contributed by atoms with Crippen molar-refractivity contribution in [1.29, 1.82) is 0 Å². The molecule has 3 heterocycles. The molecule has 0 bridgehead atoms. The van der Waals surface area contributed by atoms with Gasteiger partial charge in [-0.2, -0.15) is 5.10 Å². The van der Waals surface area contributed by atoms with Crippen LogP contribution in [0.1, 0.15) is 24.9 Å². The summed E-state index contributed by atoms with van der Waals surface area (Å²) in [5.41, 5.74) is 1.26. The van der Waals surface area contributed by atoms with Crippen LogP contribution in [0.4, 0.5) is 19.0 Å². The van der Waals surface area contributed by atoms with E-state index in [4.69, 9.17) is 0 Å². The lowest BCUT2D eigenvalue weighted by Gasteiger charge is -2.35. The molecule has 1 unspecified atom stereocenters. The Morgan fingerprint density at radius 2 is 2.04 bits per heavy atom. The standard InChI is InChI=1S/C16H14F3N5/c1-9-7-24-11(4-5-20-24)8-23(9)16-12-6-10(17)2-3-13(12)21-15(22-16)14(18)19/h2-6,9,14H,7-8H2,1H3. The van der Waals surface area contributed by atoms with Crippen molar-refractivity contribution in [3.05, 3.63) is 47.8 Å². The number of fused-ring (bicyclic) bond motifs is 2. The van der Waals surface area contributed by atoms with Crippen molar-refractivity contribution in [2.75, 3.05) is 4.90 Å². The smallest absolute Gasteiger partial charge is 0.297 e. The molecule has 124 valence electrons.